The Hall–Kier alpha value is -1.42. The second kappa shape index (κ2) is 5.77. The number of carbonyl (C=O) groups is 1. The van der Waals surface area contributed by atoms with Crippen LogP contribution in [0.4, 0.5) is 10.1 Å². The van der Waals surface area contributed by atoms with E-state index in [-0.39, 0.29) is 11.7 Å². The Bertz CT molecular complexity index is 404. The van der Waals surface area contributed by atoms with Crippen LogP contribution >= 0.6 is 0 Å². The van der Waals surface area contributed by atoms with Crippen LogP contribution in [0.2, 0.25) is 0 Å². The smallest absolute Gasteiger partial charge is 0.243 e. The Kier molecular flexibility index (Phi) is 4.63. The summed E-state index contributed by atoms with van der Waals surface area (Å²) in [5, 5.41) is 0. The standard InChI is InChI=1S/C13H19FN2O/c1-4-7-16(13(17)10(3)15)11-5-6-12(14)9(2)8-11/h5-6,8,10H,4,7,15H2,1-3H3. The zero-order valence-corrected chi connectivity index (χ0v) is 10.5. The fourth-order valence-corrected chi connectivity index (χ4v) is 1.63. The monoisotopic (exact) mass is 238 g/mol. The number of nitrogens with zero attached hydrogens (tertiary/aromatic N) is 1. The molecule has 0 radical (unpaired) electrons. The molecule has 0 aromatic heterocycles. The number of halogens is 1. The lowest BCUT2D eigenvalue weighted by Crippen LogP contribution is -2.42. The molecule has 17 heavy (non-hydrogen) atoms. The molecular formula is C13H19FN2O. The zero-order chi connectivity index (χ0) is 13.0. The summed E-state index contributed by atoms with van der Waals surface area (Å²) >= 11 is 0. The first-order chi connectivity index (χ1) is 7.97. The normalized spacial score (nSPS) is 12.3. The molecule has 0 saturated heterocycles. The van der Waals surface area contributed by atoms with E-state index in [4.69, 9.17) is 5.73 Å². The van der Waals surface area contributed by atoms with Crippen LogP contribution in [0.3, 0.4) is 0 Å². The largest absolute Gasteiger partial charge is 0.320 e. The Labute approximate surface area is 101 Å². The van der Waals surface area contributed by atoms with Crippen molar-refractivity contribution >= 4 is 11.6 Å². The van der Waals surface area contributed by atoms with Crippen LogP contribution in [0.15, 0.2) is 18.2 Å². The number of hydrogen-bond donors (Lipinski definition) is 1. The summed E-state index contributed by atoms with van der Waals surface area (Å²) in [5.41, 5.74) is 6.84. The lowest BCUT2D eigenvalue weighted by molar-refractivity contribution is -0.119. The molecule has 1 aromatic rings. The minimum atomic E-state index is -0.549. The third-order valence-corrected chi connectivity index (χ3v) is 2.56. The van der Waals surface area contributed by atoms with Crippen LogP contribution in [0.1, 0.15) is 25.8 Å². The summed E-state index contributed by atoms with van der Waals surface area (Å²) in [5.74, 6) is -0.406. The maximum Gasteiger partial charge on any atom is 0.243 e. The predicted octanol–water partition coefficient (Wildman–Crippen LogP) is 2.22. The molecule has 0 spiro atoms. The Morgan fingerprint density at radius 2 is 2.18 bits per heavy atom. The average molecular weight is 238 g/mol. The minimum absolute atomic E-state index is 0.141. The molecule has 0 fully saturated rings. The van der Waals surface area contributed by atoms with Gasteiger partial charge < -0.3 is 10.6 Å². The molecule has 2 N–H and O–H groups in total. The van der Waals surface area contributed by atoms with Gasteiger partial charge >= 0.3 is 0 Å². The molecule has 0 aliphatic heterocycles. The summed E-state index contributed by atoms with van der Waals surface area (Å²) in [6.07, 6.45) is 0.828. The second-order valence-electron chi connectivity index (χ2n) is 4.21. The van der Waals surface area contributed by atoms with Crippen LogP contribution in [-0.4, -0.2) is 18.5 Å². The van der Waals surface area contributed by atoms with Gasteiger partial charge in [0.05, 0.1) is 6.04 Å². The van der Waals surface area contributed by atoms with Crippen molar-refractivity contribution in [3.05, 3.63) is 29.6 Å². The molecule has 1 unspecified atom stereocenters. The molecule has 0 aliphatic carbocycles. The lowest BCUT2D eigenvalue weighted by Gasteiger charge is -2.24. The van der Waals surface area contributed by atoms with Gasteiger partial charge in [-0.25, -0.2) is 4.39 Å². The number of nitrogens with two attached hydrogens (primary N) is 1. The first-order valence-electron chi connectivity index (χ1n) is 5.80. The van der Waals surface area contributed by atoms with Crippen LogP contribution in [0.25, 0.3) is 0 Å². The molecule has 1 aromatic carbocycles. The highest BCUT2D eigenvalue weighted by Gasteiger charge is 2.18. The van der Waals surface area contributed by atoms with Crippen molar-refractivity contribution in [2.24, 2.45) is 5.73 Å². The van der Waals surface area contributed by atoms with Gasteiger partial charge in [-0.2, -0.15) is 0 Å². The van der Waals surface area contributed by atoms with Gasteiger partial charge in [0.1, 0.15) is 5.82 Å². The van der Waals surface area contributed by atoms with Gasteiger partial charge in [0, 0.05) is 12.2 Å². The fourth-order valence-electron chi connectivity index (χ4n) is 1.63. The Morgan fingerprint density at radius 3 is 2.65 bits per heavy atom. The lowest BCUT2D eigenvalue weighted by atomic mass is 10.1. The molecule has 1 atom stereocenters. The number of anilines is 1. The Morgan fingerprint density at radius 1 is 1.53 bits per heavy atom. The minimum Gasteiger partial charge on any atom is -0.320 e. The van der Waals surface area contributed by atoms with Crippen LogP contribution in [0, 0.1) is 12.7 Å². The summed E-state index contributed by atoms with van der Waals surface area (Å²) in [6.45, 7) is 5.91. The first kappa shape index (κ1) is 13.6. The highest BCUT2D eigenvalue weighted by molar-refractivity contribution is 5.96. The van der Waals surface area contributed by atoms with Crippen molar-refractivity contribution in [1.82, 2.24) is 0 Å². The fraction of sp³-hybridized carbons (Fsp3) is 0.462. The second-order valence-corrected chi connectivity index (χ2v) is 4.21. The average Bonchev–Trinajstić information content (AvgIpc) is 2.29. The van der Waals surface area contributed by atoms with Crippen LogP contribution in [-0.2, 0) is 4.79 Å². The molecule has 1 amide bonds. The van der Waals surface area contributed by atoms with E-state index in [2.05, 4.69) is 0 Å². The third kappa shape index (κ3) is 3.27. The first-order valence-corrected chi connectivity index (χ1v) is 5.80. The van der Waals surface area contributed by atoms with Crippen molar-refractivity contribution in [2.75, 3.05) is 11.4 Å². The van der Waals surface area contributed by atoms with Gasteiger partial charge in [0.15, 0.2) is 0 Å². The topological polar surface area (TPSA) is 46.3 Å². The van der Waals surface area contributed by atoms with Gasteiger partial charge in [-0.15, -0.1) is 0 Å². The van der Waals surface area contributed by atoms with Crippen molar-refractivity contribution in [3.8, 4) is 0 Å². The number of rotatable bonds is 4. The van der Waals surface area contributed by atoms with E-state index in [1.807, 2.05) is 6.92 Å². The molecule has 0 heterocycles. The van der Waals surface area contributed by atoms with Crippen molar-refractivity contribution in [2.45, 2.75) is 33.2 Å². The van der Waals surface area contributed by atoms with Crippen molar-refractivity contribution in [1.29, 1.82) is 0 Å². The quantitative estimate of drug-likeness (QED) is 0.874. The van der Waals surface area contributed by atoms with E-state index in [1.165, 1.54) is 6.07 Å². The van der Waals surface area contributed by atoms with E-state index in [0.717, 1.165) is 6.42 Å². The number of carbonyl (C=O) groups excluding carboxylic acids is 1. The number of hydrogen-bond acceptors (Lipinski definition) is 2. The third-order valence-electron chi connectivity index (χ3n) is 2.56. The van der Waals surface area contributed by atoms with Crippen LogP contribution in [0.5, 0.6) is 0 Å². The molecular weight excluding hydrogens is 219 g/mol. The molecule has 0 bridgehead atoms. The van der Waals surface area contributed by atoms with E-state index >= 15 is 0 Å². The molecule has 3 nitrogen and oxygen atoms in total. The zero-order valence-electron chi connectivity index (χ0n) is 10.5. The van der Waals surface area contributed by atoms with E-state index in [9.17, 15) is 9.18 Å². The number of amides is 1. The maximum absolute atomic E-state index is 13.2. The molecule has 4 heteroatoms. The van der Waals surface area contributed by atoms with Gasteiger partial charge in [0.25, 0.3) is 0 Å². The predicted molar refractivity (Wildman–Crippen MR) is 67.4 cm³/mol. The van der Waals surface area contributed by atoms with Crippen LogP contribution < -0.4 is 10.6 Å². The summed E-state index contributed by atoms with van der Waals surface area (Å²) in [7, 11) is 0. The van der Waals surface area contributed by atoms with Crippen molar-refractivity contribution < 1.29 is 9.18 Å². The van der Waals surface area contributed by atoms with Gasteiger partial charge in [0.2, 0.25) is 5.91 Å². The van der Waals surface area contributed by atoms with E-state index in [1.54, 1.807) is 30.9 Å². The SMILES string of the molecule is CCCN(C(=O)C(C)N)c1ccc(F)c(C)c1. The molecule has 0 aliphatic rings. The molecule has 0 saturated carbocycles. The highest BCUT2D eigenvalue weighted by Crippen LogP contribution is 2.19. The van der Waals surface area contributed by atoms with E-state index < -0.39 is 6.04 Å². The summed E-state index contributed by atoms with van der Waals surface area (Å²) < 4.78 is 13.2. The maximum atomic E-state index is 13.2. The highest BCUT2D eigenvalue weighted by atomic mass is 19.1. The number of aryl methyl sites for hydroxylation is 1. The van der Waals surface area contributed by atoms with E-state index in [0.29, 0.717) is 17.8 Å². The Balaban J connectivity index is 3.05. The summed E-state index contributed by atoms with van der Waals surface area (Å²) in [6, 6.07) is 4.11. The molecule has 94 valence electrons. The van der Waals surface area contributed by atoms with Gasteiger partial charge in [-0.3, -0.25) is 4.79 Å². The molecule has 1 rings (SSSR count). The van der Waals surface area contributed by atoms with Crippen molar-refractivity contribution in [3.63, 3.8) is 0 Å². The van der Waals surface area contributed by atoms with Gasteiger partial charge in [-0.05, 0) is 44.0 Å². The van der Waals surface area contributed by atoms with Gasteiger partial charge in [-0.1, -0.05) is 6.92 Å². The number of benzene rings is 1. The summed E-state index contributed by atoms with van der Waals surface area (Å²) in [4.78, 5) is 13.5.